The van der Waals surface area contributed by atoms with Gasteiger partial charge in [0.05, 0.1) is 6.61 Å². The van der Waals surface area contributed by atoms with E-state index in [1.165, 1.54) is 0 Å². The number of ether oxygens (including phenoxy) is 1. The van der Waals surface area contributed by atoms with Crippen LogP contribution in [-0.2, 0) is 14.3 Å². The van der Waals surface area contributed by atoms with Crippen molar-refractivity contribution >= 4 is 18.0 Å². The summed E-state index contributed by atoms with van der Waals surface area (Å²) in [4.78, 5) is 32.6. The van der Waals surface area contributed by atoms with Crippen molar-refractivity contribution in [2.75, 3.05) is 13.2 Å². The van der Waals surface area contributed by atoms with Crippen molar-refractivity contribution < 1.29 is 24.2 Å². The molecule has 0 radical (unpaired) electrons. The average Bonchev–Trinajstić information content (AvgIpc) is 2.26. The van der Waals surface area contributed by atoms with Gasteiger partial charge in [0, 0.05) is 12.5 Å². The van der Waals surface area contributed by atoms with Crippen LogP contribution < -0.4 is 10.6 Å². The normalized spacial score (nSPS) is 11.4. The molecule has 0 aromatic carbocycles. The van der Waals surface area contributed by atoms with E-state index in [0.717, 1.165) is 0 Å². The third-order valence-corrected chi connectivity index (χ3v) is 2.10. The average molecular weight is 260 g/mol. The number of hydrogen-bond donors (Lipinski definition) is 3. The van der Waals surface area contributed by atoms with Gasteiger partial charge in [0.1, 0.15) is 6.54 Å². The molecule has 2 amide bonds. The summed E-state index contributed by atoms with van der Waals surface area (Å²) in [6.07, 6.45) is 1.14. The lowest BCUT2D eigenvalue weighted by atomic mass is 10.1. The fourth-order valence-electron chi connectivity index (χ4n) is 1.27. The van der Waals surface area contributed by atoms with E-state index in [4.69, 9.17) is 5.11 Å². The van der Waals surface area contributed by atoms with Crippen molar-refractivity contribution in [2.24, 2.45) is 0 Å². The van der Waals surface area contributed by atoms with E-state index in [2.05, 4.69) is 15.4 Å². The van der Waals surface area contributed by atoms with E-state index >= 15 is 0 Å². The first-order valence-electron chi connectivity index (χ1n) is 5.87. The maximum Gasteiger partial charge on any atom is 0.325 e. The Bertz CT molecular complexity index is 293. The van der Waals surface area contributed by atoms with Gasteiger partial charge in [-0.05, 0) is 26.7 Å². The number of amides is 2. The zero-order valence-electron chi connectivity index (χ0n) is 10.7. The summed E-state index contributed by atoms with van der Waals surface area (Å²) < 4.78 is 4.64. The van der Waals surface area contributed by atoms with Crippen LogP contribution in [0.15, 0.2) is 0 Å². The Morgan fingerprint density at radius 3 is 2.56 bits per heavy atom. The summed E-state index contributed by atoms with van der Waals surface area (Å²) in [5, 5.41) is 13.4. The van der Waals surface area contributed by atoms with E-state index in [0.29, 0.717) is 12.8 Å². The molecule has 0 saturated heterocycles. The highest BCUT2D eigenvalue weighted by atomic mass is 16.5. The fraction of sp³-hybridized carbons (Fsp3) is 0.727. The Kier molecular flexibility index (Phi) is 8.34. The number of carboxylic acid groups (broad SMARTS) is 1. The number of hydrogen-bond acceptors (Lipinski definition) is 4. The summed E-state index contributed by atoms with van der Waals surface area (Å²) >= 11 is 0. The Morgan fingerprint density at radius 1 is 1.33 bits per heavy atom. The van der Waals surface area contributed by atoms with E-state index in [1.54, 1.807) is 13.8 Å². The lowest BCUT2D eigenvalue weighted by Gasteiger charge is -2.13. The molecule has 0 aromatic rings. The van der Waals surface area contributed by atoms with Crippen molar-refractivity contribution in [3.8, 4) is 0 Å². The summed E-state index contributed by atoms with van der Waals surface area (Å²) in [6.45, 7) is 3.55. The summed E-state index contributed by atoms with van der Waals surface area (Å²) in [5.41, 5.74) is 0. The van der Waals surface area contributed by atoms with Crippen LogP contribution in [0.3, 0.4) is 0 Å². The first-order chi connectivity index (χ1) is 8.45. The number of urea groups is 1. The van der Waals surface area contributed by atoms with Crippen molar-refractivity contribution in [1.29, 1.82) is 0 Å². The standard InChI is InChI=1S/C11H20N2O5/c1-3-18-10(16)7-12-11(17)13-8(2)5-4-6-9(14)15/h8H,3-7H2,1-2H3,(H,14,15)(H2,12,13,17). The lowest BCUT2D eigenvalue weighted by molar-refractivity contribution is -0.142. The second kappa shape index (κ2) is 9.26. The second-order valence-corrected chi connectivity index (χ2v) is 3.82. The van der Waals surface area contributed by atoms with E-state index < -0.39 is 18.0 Å². The van der Waals surface area contributed by atoms with Crippen LogP contribution in [0.5, 0.6) is 0 Å². The van der Waals surface area contributed by atoms with Crippen molar-refractivity contribution in [3.05, 3.63) is 0 Å². The lowest BCUT2D eigenvalue weighted by Crippen LogP contribution is -2.43. The number of rotatable bonds is 8. The second-order valence-electron chi connectivity index (χ2n) is 3.82. The van der Waals surface area contributed by atoms with Gasteiger partial charge in [0.25, 0.3) is 0 Å². The predicted molar refractivity (Wildman–Crippen MR) is 64.1 cm³/mol. The summed E-state index contributed by atoms with van der Waals surface area (Å²) in [6, 6.07) is -0.613. The maximum atomic E-state index is 11.3. The summed E-state index contributed by atoms with van der Waals surface area (Å²) in [7, 11) is 0. The molecule has 0 heterocycles. The van der Waals surface area contributed by atoms with Crippen LogP contribution >= 0.6 is 0 Å². The van der Waals surface area contributed by atoms with Gasteiger partial charge in [-0.1, -0.05) is 0 Å². The van der Waals surface area contributed by atoms with Crippen LogP contribution in [0, 0.1) is 0 Å². The van der Waals surface area contributed by atoms with Crippen LogP contribution in [0.4, 0.5) is 4.79 Å². The van der Waals surface area contributed by atoms with E-state index in [1.807, 2.05) is 0 Å². The molecule has 0 saturated carbocycles. The molecule has 7 heteroatoms. The minimum Gasteiger partial charge on any atom is -0.481 e. The fourth-order valence-corrected chi connectivity index (χ4v) is 1.27. The molecular weight excluding hydrogens is 240 g/mol. The molecule has 18 heavy (non-hydrogen) atoms. The highest BCUT2D eigenvalue weighted by Gasteiger charge is 2.09. The molecule has 7 nitrogen and oxygen atoms in total. The minimum absolute atomic E-state index is 0.0798. The molecule has 0 bridgehead atoms. The molecule has 0 spiro atoms. The Hall–Kier alpha value is -1.79. The van der Waals surface area contributed by atoms with Crippen LogP contribution in [0.25, 0.3) is 0 Å². The largest absolute Gasteiger partial charge is 0.481 e. The highest BCUT2D eigenvalue weighted by Crippen LogP contribution is 2.00. The Balaban J connectivity index is 3.67. The van der Waals surface area contributed by atoms with Crippen LogP contribution in [0.1, 0.15) is 33.1 Å². The van der Waals surface area contributed by atoms with Gasteiger partial charge in [-0.3, -0.25) is 9.59 Å². The van der Waals surface area contributed by atoms with Crippen molar-refractivity contribution in [2.45, 2.75) is 39.2 Å². The third kappa shape index (κ3) is 9.44. The Labute approximate surface area is 106 Å². The first kappa shape index (κ1) is 16.2. The van der Waals surface area contributed by atoms with Crippen LogP contribution in [-0.4, -0.2) is 42.3 Å². The van der Waals surface area contributed by atoms with Gasteiger partial charge >= 0.3 is 18.0 Å². The van der Waals surface area contributed by atoms with Gasteiger partial charge in [0.2, 0.25) is 0 Å². The molecule has 0 aliphatic rings. The predicted octanol–water partition coefficient (Wildman–Crippen LogP) is 0.492. The monoisotopic (exact) mass is 260 g/mol. The zero-order valence-corrected chi connectivity index (χ0v) is 10.7. The number of esters is 1. The molecule has 0 rings (SSSR count). The molecule has 1 unspecified atom stereocenters. The Morgan fingerprint density at radius 2 is 2.00 bits per heavy atom. The van der Waals surface area contributed by atoms with E-state index in [-0.39, 0.29) is 25.6 Å². The van der Waals surface area contributed by atoms with Gasteiger partial charge < -0.3 is 20.5 Å². The minimum atomic E-state index is -0.853. The van der Waals surface area contributed by atoms with Crippen LogP contribution in [0.2, 0.25) is 0 Å². The van der Waals surface area contributed by atoms with Gasteiger partial charge in [-0.15, -0.1) is 0 Å². The zero-order chi connectivity index (χ0) is 14.0. The van der Waals surface area contributed by atoms with Gasteiger partial charge in [-0.25, -0.2) is 4.79 Å². The number of carbonyl (C=O) groups is 3. The van der Waals surface area contributed by atoms with Crippen molar-refractivity contribution in [3.63, 3.8) is 0 Å². The molecule has 1 atom stereocenters. The number of nitrogens with one attached hydrogen (secondary N) is 2. The third-order valence-electron chi connectivity index (χ3n) is 2.10. The topological polar surface area (TPSA) is 105 Å². The molecule has 0 aliphatic carbocycles. The van der Waals surface area contributed by atoms with E-state index in [9.17, 15) is 14.4 Å². The number of aliphatic carboxylic acids is 1. The number of carbonyl (C=O) groups excluding carboxylic acids is 2. The maximum absolute atomic E-state index is 11.3. The quantitative estimate of drug-likeness (QED) is 0.551. The molecular formula is C11H20N2O5. The first-order valence-corrected chi connectivity index (χ1v) is 5.87. The molecule has 0 aromatic heterocycles. The molecule has 104 valence electrons. The van der Waals surface area contributed by atoms with Crippen molar-refractivity contribution in [1.82, 2.24) is 10.6 Å². The number of carboxylic acids is 1. The van der Waals surface area contributed by atoms with Gasteiger partial charge in [0.15, 0.2) is 0 Å². The highest BCUT2D eigenvalue weighted by molar-refractivity contribution is 5.80. The summed E-state index contributed by atoms with van der Waals surface area (Å²) in [5.74, 6) is -1.35. The molecule has 0 fully saturated rings. The van der Waals surface area contributed by atoms with Gasteiger partial charge in [-0.2, -0.15) is 0 Å². The smallest absolute Gasteiger partial charge is 0.325 e. The SMILES string of the molecule is CCOC(=O)CNC(=O)NC(C)CCCC(=O)O. The molecule has 0 aliphatic heterocycles. The molecule has 3 N–H and O–H groups in total.